The van der Waals surface area contributed by atoms with E-state index >= 15 is 0 Å². The molecule has 14 nitrogen and oxygen atoms in total. The lowest BCUT2D eigenvalue weighted by Crippen LogP contribution is -2.51. The normalized spacial score (nSPS) is 17.9. The highest BCUT2D eigenvalue weighted by molar-refractivity contribution is 5.86. The summed E-state index contributed by atoms with van der Waals surface area (Å²) in [7, 11) is 2.60. The van der Waals surface area contributed by atoms with Crippen molar-refractivity contribution in [3.8, 4) is 23.0 Å². The molecular formula is C40H48N8O6. The van der Waals surface area contributed by atoms with Gasteiger partial charge in [-0.15, -0.1) is 0 Å². The fourth-order valence-electron chi connectivity index (χ4n) is 7.18. The molecule has 14 heteroatoms. The molecule has 4 N–H and O–H groups in total. The molecule has 4 amide bonds. The van der Waals surface area contributed by atoms with Crippen molar-refractivity contribution in [1.29, 1.82) is 0 Å². The molecule has 2 aromatic carbocycles. The Kier molecular flexibility index (Phi) is 11.8. The predicted octanol–water partition coefficient (Wildman–Crippen LogP) is 5.44. The zero-order valence-corrected chi connectivity index (χ0v) is 31.4. The van der Waals surface area contributed by atoms with Crippen LogP contribution in [-0.4, -0.2) is 93.6 Å². The van der Waals surface area contributed by atoms with Gasteiger partial charge in [0.1, 0.15) is 23.4 Å². The van der Waals surface area contributed by atoms with E-state index in [-0.39, 0.29) is 35.7 Å². The Balaban J connectivity index is 1.09. The van der Waals surface area contributed by atoms with Crippen LogP contribution in [0.25, 0.3) is 22.2 Å². The maximum atomic E-state index is 13.4. The second-order valence-electron chi connectivity index (χ2n) is 14.3. The zero-order valence-electron chi connectivity index (χ0n) is 31.4. The lowest BCUT2D eigenvalue weighted by molar-refractivity contribution is -0.135. The van der Waals surface area contributed by atoms with Gasteiger partial charge in [0.05, 0.1) is 43.5 Å². The number of aromatic nitrogens is 4. The molecule has 284 valence electrons. The third-order valence-corrected chi connectivity index (χ3v) is 10.1. The van der Waals surface area contributed by atoms with Gasteiger partial charge < -0.3 is 39.9 Å². The number of amides is 4. The van der Waals surface area contributed by atoms with E-state index in [0.717, 1.165) is 59.2 Å². The number of H-pyrrole nitrogens is 2. The third-order valence-electron chi connectivity index (χ3n) is 10.1. The van der Waals surface area contributed by atoms with E-state index in [2.05, 4.69) is 48.2 Å². The van der Waals surface area contributed by atoms with Gasteiger partial charge in [0, 0.05) is 31.6 Å². The van der Waals surface area contributed by atoms with Crippen molar-refractivity contribution >= 4 is 35.0 Å². The highest BCUT2D eigenvalue weighted by Gasteiger charge is 2.37. The van der Waals surface area contributed by atoms with Crippen molar-refractivity contribution in [1.82, 2.24) is 40.4 Å². The summed E-state index contributed by atoms with van der Waals surface area (Å²) in [4.78, 5) is 69.9. The SMILES string of the molecule is COC(=O)NCC(C)CC(=O)N1CCCC1c1nc2ccc(-c3ccc(C#Cc4cnc(C5CCCN5C(=O)C(NC(=O)OC)C(C)C)[nH]4)cc3)cc2[nH]1. The van der Waals surface area contributed by atoms with Crippen LogP contribution in [0.15, 0.2) is 48.7 Å². The number of methoxy groups -OCH3 is 2. The Morgan fingerprint density at radius 2 is 1.56 bits per heavy atom. The van der Waals surface area contributed by atoms with Crippen molar-refractivity contribution in [2.45, 2.75) is 71.0 Å². The Labute approximate surface area is 314 Å². The van der Waals surface area contributed by atoms with Crippen LogP contribution in [0, 0.1) is 23.7 Å². The van der Waals surface area contributed by atoms with Crippen molar-refractivity contribution < 1.29 is 28.7 Å². The van der Waals surface area contributed by atoms with E-state index in [1.807, 2.05) is 62.1 Å². The van der Waals surface area contributed by atoms with E-state index in [1.54, 1.807) is 11.1 Å². The molecule has 2 aliphatic rings. The summed E-state index contributed by atoms with van der Waals surface area (Å²) < 4.78 is 9.37. The second-order valence-corrected chi connectivity index (χ2v) is 14.3. The van der Waals surface area contributed by atoms with Crippen LogP contribution in [0.3, 0.4) is 0 Å². The molecule has 4 heterocycles. The van der Waals surface area contributed by atoms with Crippen molar-refractivity contribution in [2.24, 2.45) is 11.8 Å². The number of fused-ring (bicyclic) bond motifs is 1. The van der Waals surface area contributed by atoms with Crippen LogP contribution in [0.1, 0.15) is 87.9 Å². The number of benzene rings is 2. The summed E-state index contributed by atoms with van der Waals surface area (Å²) in [6, 6.07) is 13.1. The molecule has 4 unspecified atom stereocenters. The first kappa shape index (κ1) is 37.9. The number of alkyl carbamates (subject to hydrolysis) is 2. The third kappa shape index (κ3) is 8.68. The monoisotopic (exact) mass is 736 g/mol. The largest absolute Gasteiger partial charge is 0.453 e. The fraction of sp³-hybridized carbons (Fsp3) is 0.450. The molecular weight excluding hydrogens is 688 g/mol. The highest BCUT2D eigenvalue weighted by Crippen LogP contribution is 2.34. The zero-order chi connectivity index (χ0) is 38.4. The smallest absolute Gasteiger partial charge is 0.407 e. The lowest BCUT2D eigenvalue weighted by Gasteiger charge is -2.29. The minimum absolute atomic E-state index is 0.0266. The number of ether oxygens (including phenoxy) is 2. The van der Waals surface area contributed by atoms with Crippen LogP contribution < -0.4 is 10.6 Å². The summed E-state index contributed by atoms with van der Waals surface area (Å²) in [5.74, 6) is 7.58. The van der Waals surface area contributed by atoms with Crippen LogP contribution >= 0.6 is 0 Å². The number of aromatic amines is 2. The van der Waals surface area contributed by atoms with Crippen molar-refractivity contribution in [3.05, 3.63) is 71.6 Å². The van der Waals surface area contributed by atoms with Crippen LogP contribution in [0.2, 0.25) is 0 Å². The quantitative estimate of drug-likeness (QED) is 0.156. The molecule has 2 aromatic heterocycles. The van der Waals surface area contributed by atoms with Gasteiger partial charge in [-0.1, -0.05) is 44.9 Å². The molecule has 54 heavy (non-hydrogen) atoms. The number of hydrogen-bond donors (Lipinski definition) is 4. The number of hydrogen-bond acceptors (Lipinski definition) is 8. The Morgan fingerprint density at radius 3 is 2.26 bits per heavy atom. The van der Waals surface area contributed by atoms with Gasteiger partial charge in [0.2, 0.25) is 11.8 Å². The van der Waals surface area contributed by atoms with Crippen molar-refractivity contribution in [3.63, 3.8) is 0 Å². The number of imidazole rings is 2. The number of nitrogens with one attached hydrogen (secondary N) is 4. The maximum Gasteiger partial charge on any atom is 0.407 e. The van der Waals surface area contributed by atoms with Gasteiger partial charge in [0.15, 0.2) is 0 Å². The van der Waals surface area contributed by atoms with Crippen LogP contribution in [0.4, 0.5) is 9.59 Å². The van der Waals surface area contributed by atoms with Gasteiger partial charge in [-0.05, 0) is 78.8 Å². The van der Waals surface area contributed by atoms with E-state index < -0.39 is 18.2 Å². The molecule has 0 radical (unpaired) electrons. The number of carbonyl (C=O) groups is 4. The minimum Gasteiger partial charge on any atom is -0.453 e. The summed E-state index contributed by atoms with van der Waals surface area (Å²) in [6.07, 6.45) is 4.22. The molecule has 2 saturated heterocycles. The van der Waals surface area contributed by atoms with Crippen molar-refractivity contribution in [2.75, 3.05) is 33.9 Å². The fourth-order valence-corrected chi connectivity index (χ4v) is 7.18. The highest BCUT2D eigenvalue weighted by atomic mass is 16.5. The van der Waals surface area contributed by atoms with E-state index in [1.165, 1.54) is 14.2 Å². The molecule has 4 aromatic rings. The summed E-state index contributed by atoms with van der Waals surface area (Å²) in [5, 5.41) is 5.34. The molecule has 6 rings (SSSR count). The van der Waals surface area contributed by atoms with Gasteiger partial charge in [-0.2, -0.15) is 0 Å². The molecule has 0 bridgehead atoms. The van der Waals surface area contributed by atoms with Crippen LogP contribution in [-0.2, 0) is 19.1 Å². The predicted molar refractivity (Wildman–Crippen MR) is 202 cm³/mol. The Morgan fingerprint density at radius 1 is 0.870 bits per heavy atom. The first-order valence-electron chi connectivity index (χ1n) is 18.5. The van der Waals surface area contributed by atoms with Gasteiger partial charge in [-0.25, -0.2) is 19.6 Å². The summed E-state index contributed by atoms with van der Waals surface area (Å²) >= 11 is 0. The van der Waals surface area contributed by atoms with Gasteiger partial charge in [0.25, 0.3) is 0 Å². The summed E-state index contributed by atoms with van der Waals surface area (Å²) in [6.45, 7) is 7.34. The second kappa shape index (κ2) is 16.9. The maximum absolute atomic E-state index is 13.4. The molecule has 2 fully saturated rings. The van der Waals surface area contributed by atoms with E-state index in [0.29, 0.717) is 37.6 Å². The molecule has 0 spiro atoms. The number of carbonyl (C=O) groups excluding carboxylic acids is 4. The molecule has 0 saturated carbocycles. The van der Waals surface area contributed by atoms with Gasteiger partial charge >= 0.3 is 12.2 Å². The average Bonchev–Trinajstić information content (AvgIpc) is 4.00. The minimum atomic E-state index is -0.695. The topological polar surface area (TPSA) is 175 Å². The average molecular weight is 737 g/mol. The van der Waals surface area contributed by atoms with E-state index in [9.17, 15) is 19.2 Å². The Hall–Kier alpha value is -5.84. The molecule has 2 aliphatic heterocycles. The standard InChI is InChI=1S/C40H48N8O6/c1-24(2)35(46-40(52)54-5)38(50)48-19-7-8-32(48)36-41-23-29(43-36)16-12-26-10-13-27(14-11-26)28-15-17-30-31(21-28)45-37(44-30)33-9-6-18-47(33)34(49)20-25(3)22-42-39(51)53-4/h10-11,13-15,17,21,23-25,32-33,35H,6-9,18-20,22H2,1-5H3,(H,41,43)(H,42,51)(H,44,45)(H,46,52). The molecule has 0 aliphatic carbocycles. The van der Waals surface area contributed by atoms with E-state index in [4.69, 9.17) is 9.72 Å². The first-order chi connectivity index (χ1) is 26.0. The van der Waals surface area contributed by atoms with Crippen LogP contribution in [0.5, 0.6) is 0 Å². The van der Waals surface area contributed by atoms with Gasteiger partial charge in [-0.3, -0.25) is 9.59 Å². The Bertz CT molecular complexity index is 2040. The number of rotatable bonds is 10. The summed E-state index contributed by atoms with van der Waals surface area (Å²) in [5.41, 5.74) is 5.29. The number of nitrogens with zero attached hydrogens (tertiary/aromatic N) is 4. The first-order valence-corrected chi connectivity index (χ1v) is 18.5. The number of likely N-dealkylation sites (tertiary alicyclic amines) is 2. The lowest BCUT2D eigenvalue weighted by atomic mass is 10.0. The molecule has 4 atom stereocenters.